The highest BCUT2D eigenvalue weighted by atomic mass is 16.5. The zero-order valence-corrected chi connectivity index (χ0v) is 15.3. The van der Waals surface area contributed by atoms with Crippen molar-refractivity contribution >= 4 is 32.7 Å². The number of hydrogen-bond donors (Lipinski definition) is 2. The summed E-state index contributed by atoms with van der Waals surface area (Å²) < 4.78 is 11.3. The van der Waals surface area contributed by atoms with E-state index < -0.39 is 0 Å². The van der Waals surface area contributed by atoms with Gasteiger partial charge in [0.05, 0.1) is 12.6 Å². The number of aromatic amines is 2. The largest absolute Gasteiger partial charge is 0.497 e. The summed E-state index contributed by atoms with van der Waals surface area (Å²) >= 11 is 0. The van der Waals surface area contributed by atoms with E-state index in [2.05, 4.69) is 9.97 Å². The number of hydrogen-bond acceptors (Lipinski definition) is 3. The number of rotatable bonds is 4. The Bertz CT molecular complexity index is 1370. The first-order valence-electron chi connectivity index (χ1n) is 9.05. The van der Waals surface area contributed by atoms with E-state index in [4.69, 9.17) is 9.47 Å². The van der Waals surface area contributed by atoms with E-state index in [-0.39, 0.29) is 5.56 Å². The molecule has 0 bridgehead atoms. The van der Waals surface area contributed by atoms with Crippen molar-refractivity contribution in [3.05, 3.63) is 82.6 Å². The second-order valence-electron chi connectivity index (χ2n) is 6.72. The first-order valence-corrected chi connectivity index (χ1v) is 9.05. The lowest BCUT2D eigenvalue weighted by Crippen LogP contribution is -2.06. The molecule has 2 N–H and O–H groups in total. The zero-order chi connectivity index (χ0) is 19.1. The average molecular weight is 370 g/mol. The van der Waals surface area contributed by atoms with Crippen molar-refractivity contribution in [2.24, 2.45) is 0 Å². The standard InChI is InChI=1S/C23H18N2O3/c1-27-15-7-9-17-20(12-15)25-23(26)22-21(17)18-11-16(8-10-19(18)24-22)28-13-14-5-3-2-4-6-14/h2-12,24H,13H2,1H3,(H,25,26). The summed E-state index contributed by atoms with van der Waals surface area (Å²) in [6.45, 7) is 0.493. The van der Waals surface area contributed by atoms with E-state index in [0.29, 0.717) is 17.9 Å². The Morgan fingerprint density at radius 3 is 2.46 bits per heavy atom. The molecule has 0 unspecified atom stereocenters. The number of aromatic nitrogens is 2. The van der Waals surface area contributed by atoms with Crippen molar-refractivity contribution < 1.29 is 9.47 Å². The van der Waals surface area contributed by atoms with Gasteiger partial charge in [-0.3, -0.25) is 4.79 Å². The van der Waals surface area contributed by atoms with Gasteiger partial charge < -0.3 is 19.4 Å². The Hall–Kier alpha value is -3.73. The minimum atomic E-state index is -0.154. The molecule has 0 radical (unpaired) electrons. The third kappa shape index (κ3) is 2.68. The predicted octanol–water partition coefficient (Wildman–Crippen LogP) is 4.75. The fourth-order valence-corrected chi connectivity index (χ4v) is 3.61. The average Bonchev–Trinajstić information content (AvgIpc) is 3.12. The first kappa shape index (κ1) is 16.4. The maximum Gasteiger partial charge on any atom is 0.272 e. The molecule has 0 fully saturated rings. The van der Waals surface area contributed by atoms with Crippen LogP contribution in [0.5, 0.6) is 11.5 Å². The highest BCUT2D eigenvalue weighted by molar-refractivity contribution is 6.19. The number of benzene rings is 3. The minimum Gasteiger partial charge on any atom is -0.497 e. The van der Waals surface area contributed by atoms with E-state index in [1.165, 1.54) is 0 Å². The molecule has 5 heteroatoms. The monoisotopic (exact) mass is 370 g/mol. The SMILES string of the molecule is COc1ccc2c(c1)[nH]c(=O)c1[nH]c3ccc(OCc4ccccc4)cc3c12. The Labute approximate surface area is 160 Å². The van der Waals surface area contributed by atoms with Crippen LogP contribution in [0.2, 0.25) is 0 Å². The smallest absolute Gasteiger partial charge is 0.272 e. The number of pyridine rings is 1. The van der Waals surface area contributed by atoms with Crippen molar-refractivity contribution in [2.45, 2.75) is 6.61 Å². The molecule has 0 amide bonds. The lowest BCUT2D eigenvalue weighted by molar-refractivity contribution is 0.306. The van der Waals surface area contributed by atoms with Crippen molar-refractivity contribution in [1.82, 2.24) is 9.97 Å². The molecule has 2 aromatic heterocycles. The van der Waals surface area contributed by atoms with Gasteiger partial charge in [-0.15, -0.1) is 0 Å². The van der Waals surface area contributed by atoms with Gasteiger partial charge in [0, 0.05) is 27.7 Å². The number of fused-ring (bicyclic) bond motifs is 5. The number of nitrogens with one attached hydrogen (secondary N) is 2. The van der Waals surface area contributed by atoms with Gasteiger partial charge >= 0.3 is 0 Å². The Balaban J connectivity index is 1.66. The van der Waals surface area contributed by atoms with E-state index in [9.17, 15) is 4.79 Å². The van der Waals surface area contributed by atoms with Gasteiger partial charge in [-0.25, -0.2) is 0 Å². The maximum atomic E-state index is 12.6. The lowest BCUT2D eigenvalue weighted by Gasteiger charge is -2.07. The summed E-state index contributed by atoms with van der Waals surface area (Å²) in [5.41, 5.74) is 3.16. The van der Waals surface area contributed by atoms with E-state index >= 15 is 0 Å². The topological polar surface area (TPSA) is 67.1 Å². The first-order chi connectivity index (χ1) is 13.7. The molecule has 0 saturated carbocycles. The van der Waals surface area contributed by atoms with Crippen LogP contribution in [-0.2, 0) is 6.61 Å². The molecule has 0 aliphatic heterocycles. The van der Waals surface area contributed by atoms with Crippen LogP contribution in [0.4, 0.5) is 0 Å². The molecule has 3 aromatic carbocycles. The Kier molecular flexibility index (Phi) is 3.79. The summed E-state index contributed by atoms with van der Waals surface area (Å²) in [6.07, 6.45) is 0. The molecular formula is C23H18N2O3. The highest BCUT2D eigenvalue weighted by Crippen LogP contribution is 2.33. The molecule has 0 atom stereocenters. The fraction of sp³-hybridized carbons (Fsp3) is 0.0870. The van der Waals surface area contributed by atoms with Gasteiger partial charge in [0.2, 0.25) is 0 Å². The molecule has 2 heterocycles. The van der Waals surface area contributed by atoms with Gasteiger partial charge in [-0.05, 0) is 35.9 Å². The molecule has 28 heavy (non-hydrogen) atoms. The maximum absolute atomic E-state index is 12.6. The molecule has 5 aromatic rings. The molecule has 0 spiro atoms. The molecule has 138 valence electrons. The predicted molar refractivity (Wildman–Crippen MR) is 111 cm³/mol. The van der Waals surface area contributed by atoms with Crippen molar-refractivity contribution in [3.8, 4) is 11.5 Å². The van der Waals surface area contributed by atoms with Crippen LogP contribution in [-0.4, -0.2) is 17.1 Å². The normalized spacial score (nSPS) is 11.3. The van der Waals surface area contributed by atoms with Crippen molar-refractivity contribution in [2.75, 3.05) is 7.11 Å². The minimum absolute atomic E-state index is 0.154. The molecular weight excluding hydrogens is 352 g/mol. The summed E-state index contributed by atoms with van der Waals surface area (Å²) in [4.78, 5) is 18.8. The second kappa shape index (κ2) is 6.46. The van der Waals surface area contributed by atoms with Crippen LogP contribution in [0, 0.1) is 0 Å². The van der Waals surface area contributed by atoms with Gasteiger partial charge in [0.25, 0.3) is 5.56 Å². The van der Waals surface area contributed by atoms with Crippen LogP contribution in [0.25, 0.3) is 32.7 Å². The summed E-state index contributed by atoms with van der Waals surface area (Å²) in [7, 11) is 1.61. The Morgan fingerprint density at radius 2 is 1.64 bits per heavy atom. The summed E-state index contributed by atoms with van der Waals surface area (Å²) in [5, 5.41) is 2.81. The van der Waals surface area contributed by atoms with E-state index in [1.807, 2.05) is 66.7 Å². The van der Waals surface area contributed by atoms with E-state index in [1.54, 1.807) is 7.11 Å². The molecule has 0 aliphatic rings. The Morgan fingerprint density at radius 1 is 0.821 bits per heavy atom. The third-order valence-corrected chi connectivity index (χ3v) is 4.99. The van der Waals surface area contributed by atoms with Crippen LogP contribution in [0.1, 0.15) is 5.56 Å². The fourth-order valence-electron chi connectivity index (χ4n) is 3.61. The number of methoxy groups -OCH3 is 1. The van der Waals surface area contributed by atoms with Crippen molar-refractivity contribution in [1.29, 1.82) is 0 Å². The van der Waals surface area contributed by atoms with Crippen LogP contribution < -0.4 is 15.0 Å². The second-order valence-corrected chi connectivity index (χ2v) is 6.72. The van der Waals surface area contributed by atoms with Gasteiger partial charge in [-0.1, -0.05) is 30.3 Å². The summed E-state index contributed by atoms with van der Waals surface area (Å²) in [6, 6.07) is 21.6. The molecule has 5 nitrogen and oxygen atoms in total. The van der Waals surface area contributed by atoms with Gasteiger partial charge in [-0.2, -0.15) is 0 Å². The summed E-state index contributed by atoms with van der Waals surface area (Å²) in [5.74, 6) is 1.47. The van der Waals surface area contributed by atoms with Crippen LogP contribution in [0.3, 0.4) is 0 Å². The highest BCUT2D eigenvalue weighted by Gasteiger charge is 2.13. The van der Waals surface area contributed by atoms with Crippen LogP contribution >= 0.6 is 0 Å². The van der Waals surface area contributed by atoms with E-state index in [0.717, 1.165) is 38.5 Å². The molecule has 5 rings (SSSR count). The van der Waals surface area contributed by atoms with Crippen molar-refractivity contribution in [3.63, 3.8) is 0 Å². The molecule has 0 saturated heterocycles. The van der Waals surface area contributed by atoms with Crippen LogP contribution in [0.15, 0.2) is 71.5 Å². The zero-order valence-electron chi connectivity index (χ0n) is 15.3. The lowest BCUT2D eigenvalue weighted by atomic mass is 10.1. The molecule has 0 aliphatic carbocycles. The quantitative estimate of drug-likeness (QED) is 0.480. The number of ether oxygens (including phenoxy) is 2. The third-order valence-electron chi connectivity index (χ3n) is 4.99. The number of H-pyrrole nitrogens is 2. The van der Waals surface area contributed by atoms with Gasteiger partial charge in [0.1, 0.15) is 23.6 Å². The van der Waals surface area contributed by atoms with Gasteiger partial charge in [0.15, 0.2) is 0 Å².